The van der Waals surface area contributed by atoms with Crippen LogP contribution >= 0.6 is 11.6 Å². The summed E-state index contributed by atoms with van der Waals surface area (Å²) >= 11 is 5.94. The SMILES string of the molecule is CS(=O)(=O)N1C[C@H](C(=O)Nc2ccc(C(=O)O)cc2)Oc2ccc(Cl)cc21. The molecular formula is C17H15ClN2O6S. The summed E-state index contributed by atoms with van der Waals surface area (Å²) < 4.78 is 31.0. The van der Waals surface area contributed by atoms with Gasteiger partial charge >= 0.3 is 5.97 Å². The molecule has 2 aromatic carbocycles. The Morgan fingerprint density at radius 3 is 2.48 bits per heavy atom. The summed E-state index contributed by atoms with van der Waals surface area (Å²) in [4.78, 5) is 23.4. The molecular weight excluding hydrogens is 396 g/mol. The maximum absolute atomic E-state index is 12.5. The number of hydrogen-bond donors (Lipinski definition) is 2. The van der Waals surface area contributed by atoms with Crippen molar-refractivity contribution in [1.29, 1.82) is 0 Å². The van der Waals surface area contributed by atoms with E-state index in [1.165, 1.54) is 42.5 Å². The highest BCUT2D eigenvalue weighted by Gasteiger charge is 2.35. The van der Waals surface area contributed by atoms with Crippen molar-refractivity contribution in [2.24, 2.45) is 0 Å². The number of aromatic carboxylic acids is 1. The van der Waals surface area contributed by atoms with E-state index in [-0.39, 0.29) is 23.5 Å². The molecule has 142 valence electrons. The summed E-state index contributed by atoms with van der Waals surface area (Å²) in [5.74, 6) is -1.42. The number of fused-ring (bicyclic) bond motifs is 1. The molecule has 10 heteroatoms. The van der Waals surface area contributed by atoms with Crippen LogP contribution < -0.4 is 14.4 Å². The van der Waals surface area contributed by atoms with Crippen LogP contribution in [0.5, 0.6) is 5.75 Å². The van der Waals surface area contributed by atoms with E-state index < -0.39 is 28.0 Å². The van der Waals surface area contributed by atoms with Crippen molar-refractivity contribution in [2.75, 3.05) is 22.4 Å². The summed E-state index contributed by atoms with van der Waals surface area (Å²) in [6, 6.07) is 10.1. The third-order valence-corrected chi connectivity index (χ3v) is 5.26. The van der Waals surface area contributed by atoms with Crippen LogP contribution in [0.4, 0.5) is 11.4 Å². The fraction of sp³-hybridized carbons (Fsp3) is 0.176. The van der Waals surface area contributed by atoms with Crippen molar-refractivity contribution >= 4 is 44.9 Å². The summed E-state index contributed by atoms with van der Waals surface area (Å²) in [5, 5.41) is 11.8. The van der Waals surface area contributed by atoms with Crippen LogP contribution in [0.1, 0.15) is 10.4 Å². The van der Waals surface area contributed by atoms with Crippen LogP contribution in [0.2, 0.25) is 5.02 Å². The van der Waals surface area contributed by atoms with Crippen molar-refractivity contribution in [3.05, 3.63) is 53.1 Å². The van der Waals surface area contributed by atoms with Gasteiger partial charge in [-0.15, -0.1) is 0 Å². The number of halogens is 1. The highest BCUT2D eigenvalue weighted by atomic mass is 35.5. The van der Waals surface area contributed by atoms with Gasteiger partial charge in [0.2, 0.25) is 10.0 Å². The van der Waals surface area contributed by atoms with Crippen LogP contribution in [-0.2, 0) is 14.8 Å². The molecule has 0 bridgehead atoms. The fourth-order valence-corrected chi connectivity index (χ4v) is 3.67. The van der Waals surface area contributed by atoms with Gasteiger partial charge in [-0.3, -0.25) is 9.10 Å². The molecule has 1 aliphatic heterocycles. The minimum Gasteiger partial charge on any atom is -0.478 e. The number of carbonyl (C=O) groups excluding carboxylic acids is 1. The Morgan fingerprint density at radius 2 is 1.89 bits per heavy atom. The van der Waals surface area contributed by atoms with E-state index >= 15 is 0 Å². The first kappa shape index (κ1) is 19.0. The number of nitrogens with one attached hydrogen (secondary N) is 1. The van der Waals surface area contributed by atoms with Crippen molar-refractivity contribution in [3.63, 3.8) is 0 Å². The minimum absolute atomic E-state index is 0.0796. The Morgan fingerprint density at radius 1 is 1.22 bits per heavy atom. The van der Waals surface area contributed by atoms with E-state index in [0.717, 1.165) is 10.6 Å². The predicted octanol–water partition coefficient (Wildman–Crippen LogP) is 2.20. The highest BCUT2D eigenvalue weighted by Crippen LogP contribution is 2.37. The largest absolute Gasteiger partial charge is 0.478 e. The molecule has 0 fully saturated rings. The standard InChI is InChI=1S/C17H15ClN2O6S/c1-27(24,25)20-9-15(26-14-7-4-11(18)8-13(14)20)16(21)19-12-5-2-10(3-6-12)17(22)23/h2-8,15H,9H2,1H3,(H,19,21)(H,22,23)/t15-/m1/s1. The second-order valence-corrected chi connectivity index (χ2v) is 8.23. The summed E-state index contributed by atoms with van der Waals surface area (Å²) in [5.41, 5.74) is 0.706. The zero-order chi connectivity index (χ0) is 19.8. The molecule has 1 heterocycles. The van der Waals surface area contributed by atoms with E-state index in [9.17, 15) is 18.0 Å². The molecule has 1 amide bonds. The molecule has 0 saturated carbocycles. The molecule has 8 nitrogen and oxygen atoms in total. The maximum Gasteiger partial charge on any atom is 0.335 e. The Kier molecular flexibility index (Phi) is 4.99. The second kappa shape index (κ2) is 7.09. The van der Waals surface area contributed by atoms with Gasteiger partial charge in [0.1, 0.15) is 5.75 Å². The van der Waals surface area contributed by atoms with E-state index in [1.54, 1.807) is 0 Å². The monoisotopic (exact) mass is 410 g/mol. The molecule has 2 aromatic rings. The Bertz CT molecular complexity index is 1010. The van der Waals surface area contributed by atoms with Gasteiger partial charge in [-0.2, -0.15) is 0 Å². The number of hydrogen-bond acceptors (Lipinski definition) is 5. The Balaban J connectivity index is 1.83. The first-order valence-electron chi connectivity index (χ1n) is 7.73. The summed E-state index contributed by atoms with van der Waals surface area (Å²) in [7, 11) is -3.66. The van der Waals surface area contributed by atoms with Crippen molar-refractivity contribution in [1.82, 2.24) is 0 Å². The molecule has 0 radical (unpaired) electrons. The first-order chi connectivity index (χ1) is 12.6. The number of carbonyl (C=O) groups is 2. The van der Waals surface area contributed by atoms with Gasteiger partial charge in [-0.1, -0.05) is 11.6 Å². The topological polar surface area (TPSA) is 113 Å². The quantitative estimate of drug-likeness (QED) is 0.798. The number of amides is 1. The molecule has 1 aliphatic rings. The fourth-order valence-electron chi connectivity index (χ4n) is 2.59. The number of anilines is 2. The number of rotatable bonds is 4. The summed E-state index contributed by atoms with van der Waals surface area (Å²) in [6.45, 7) is -0.217. The summed E-state index contributed by atoms with van der Waals surface area (Å²) in [6.07, 6.45) is -0.0599. The average Bonchev–Trinajstić information content (AvgIpc) is 2.60. The Labute approximate surface area is 160 Å². The van der Waals surface area contributed by atoms with Gasteiger partial charge in [0, 0.05) is 10.7 Å². The van der Waals surface area contributed by atoms with Crippen molar-refractivity contribution in [3.8, 4) is 5.75 Å². The van der Waals surface area contributed by atoms with Gasteiger partial charge in [0.25, 0.3) is 5.91 Å². The number of carboxylic acids is 1. The maximum atomic E-state index is 12.5. The second-order valence-electron chi connectivity index (χ2n) is 5.88. The van der Waals surface area contributed by atoms with Crippen LogP contribution in [0.25, 0.3) is 0 Å². The van der Waals surface area contributed by atoms with Crippen LogP contribution in [0.3, 0.4) is 0 Å². The van der Waals surface area contributed by atoms with Gasteiger partial charge in [0.05, 0.1) is 24.1 Å². The van der Waals surface area contributed by atoms with Gasteiger partial charge in [-0.25, -0.2) is 13.2 Å². The van der Waals surface area contributed by atoms with Crippen molar-refractivity contribution < 1.29 is 27.9 Å². The molecule has 0 saturated heterocycles. The van der Waals surface area contributed by atoms with Gasteiger partial charge in [0.15, 0.2) is 6.10 Å². The van der Waals surface area contributed by atoms with Gasteiger partial charge < -0.3 is 15.2 Å². The van der Waals surface area contributed by atoms with Crippen LogP contribution in [0, 0.1) is 0 Å². The molecule has 0 spiro atoms. The third-order valence-electron chi connectivity index (χ3n) is 3.88. The molecule has 0 unspecified atom stereocenters. The lowest BCUT2D eigenvalue weighted by Gasteiger charge is -2.34. The number of sulfonamides is 1. The molecule has 1 atom stereocenters. The predicted molar refractivity (Wildman–Crippen MR) is 100 cm³/mol. The zero-order valence-electron chi connectivity index (χ0n) is 14.0. The Hall–Kier alpha value is -2.78. The lowest BCUT2D eigenvalue weighted by Crippen LogP contribution is -2.48. The average molecular weight is 411 g/mol. The minimum atomic E-state index is -3.66. The molecule has 2 N–H and O–H groups in total. The highest BCUT2D eigenvalue weighted by molar-refractivity contribution is 7.92. The van der Waals surface area contributed by atoms with Gasteiger partial charge in [-0.05, 0) is 42.5 Å². The number of carboxylic acid groups (broad SMARTS) is 1. The molecule has 27 heavy (non-hydrogen) atoms. The number of benzene rings is 2. The van der Waals surface area contributed by atoms with E-state index in [4.69, 9.17) is 21.4 Å². The molecule has 0 aromatic heterocycles. The normalized spacial score (nSPS) is 16.2. The van der Waals surface area contributed by atoms with Crippen LogP contribution in [0.15, 0.2) is 42.5 Å². The van der Waals surface area contributed by atoms with E-state index in [2.05, 4.69) is 5.32 Å². The lowest BCUT2D eigenvalue weighted by molar-refractivity contribution is -0.122. The first-order valence-corrected chi connectivity index (χ1v) is 9.96. The third kappa shape index (κ3) is 4.15. The number of ether oxygens (including phenoxy) is 1. The van der Waals surface area contributed by atoms with Crippen molar-refractivity contribution in [2.45, 2.75) is 6.10 Å². The smallest absolute Gasteiger partial charge is 0.335 e. The van der Waals surface area contributed by atoms with Crippen LogP contribution in [-0.4, -0.2) is 44.3 Å². The zero-order valence-corrected chi connectivity index (χ0v) is 15.6. The molecule has 0 aliphatic carbocycles. The number of nitrogens with zero attached hydrogens (tertiary/aromatic N) is 1. The van der Waals surface area contributed by atoms with E-state index in [1.807, 2.05) is 0 Å². The van der Waals surface area contributed by atoms with E-state index in [0.29, 0.717) is 10.7 Å². The lowest BCUT2D eigenvalue weighted by atomic mass is 10.2. The molecule has 3 rings (SSSR count).